The lowest BCUT2D eigenvalue weighted by Gasteiger charge is -2.47. The lowest BCUT2D eigenvalue weighted by Crippen LogP contribution is -2.63. The molecule has 1 aromatic carbocycles. The number of hydrogen-bond donors (Lipinski definition) is 2. The van der Waals surface area contributed by atoms with Gasteiger partial charge in [0.25, 0.3) is 0 Å². The van der Waals surface area contributed by atoms with Crippen LogP contribution in [0.15, 0.2) is 30.3 Å². The molecule has 0 aliphatic carbocycles. The Balaban J connectivity index is 1.95. The lowest BCUT2D eigenvalue weighted by molar-refractivity contribution is -0.248. The van der Waals surface area contributed by atoms with Crippen molar-refractivity contribution in [3.8, 4) is 0 Å². The van der Waals surface area contributed by atoms with Gasteiger partial charge in [-0.05, 0) is 44.5 Å². The molecule has 2 heterocycles. The fraction of sp³-hybridized carbons (Fsp3) is 0.739. The van der Waals surface area contributed by atoms with E-state index in [0.29, 0.717) is 5.56 Å². The zero-order valence-corrected chi connectivity index (χ0v) is 20.5. The number of ether oxygens (including phenoxy) is 3. The van der Waals surface area contributed by atoms with Gasteiger partial charge in [-0.3, -0.25) is 0 Å². The number of hydrogen-bond acceptors (Lipinski definition) is 6. The van der Waals surface area contributed by atoms with E-state index < -0.39 is 44.1 Å². The lowest BCUT2D eigenvalue weighted by atomic mass is 9.81. The summed E-state index contributed by atoms with van der Waals surface area (Å²) in [5.74, 6) is -0.814. The maximum absolute atomic E-state index is 12.0. The molecular weight excluding hydrogens is 400 g/mol. The van der Waals surface area contributed by atoms with E-state index in [9.17, 15) is 10.2 Å². The van der Waals surface area contributed by atoms with Crippen LogP contribution in [-0.4, -0.2) is 61.4 Å². The van der Waals surface area contributed by atoms with E-state index in [-0.39, 0.29) is 17.7 Å². The van der Waals surface area contributed by atoms with Crippen LogP contribution in [0.25, 0.3) is 0 Å². The van der Waals surface area contributed by atoms with Gasteiger partial charge in [0.2, 0.25) is 0 Å². The van der Waals surface area contributed by atoms with Gasteiger partial charge >= 0.3 is 0 Å². The summed E-state index contributed by atoms with van der Waals surface area (Å²) in [7, 11) is -2.15. The van der Waals surface area contributed by atoms with E-state index in [1.54, 1.807) is 0 Å². The zero-order valence-electron chi connectivity index (χ0n) is 19.5. The fourth-order valence-corrected chi connectivity index (χ4v) is 4.98. The third-order valence-electron chi connectivity index (χ3n) is 6.84. The Morgan fingerprint density at radius 2 is 1.63 bits per heavy atom. The number of rotatable bonds is 5. The zero-order chi connectivity index (χ0) is 22.5. The van der Waals surface area contributed by atoms with E-state index >= 15 is 0 Å². The van der Waals surface area contributed by atoms with Crippen LogP contribution in [0, 0.1) is 0 Å². The molecule has 30 heavy (non-hydrogen) atoms. The SMILES string of the molecule is C[C@H]1O[C@H]([C@@](O)(CO[Si](C)(C)C(C)(C)C)c2ccccc2)[C@@H](O)[C@@H]2OC(C)(C)O[C@@H]21. The molecule has 6 nitrogen and oxygen atoms in total. The molecule has 2 fully saturated rings. The predicted octanol–water partition coefficient (Wildman–Crippen LogP) is 3.56. The van der Waals surface area contributed by atoms with Gasteiger partial charge < -0.3 is 28.8 Å². The molecule has 170 valence electrons. The molecule has 1 aromatic rings. The van der Waals surface area contributed by atoms with Gasteiger partial charge in [0.1, 0.15) is 30.0 Å². The number of benzene rings is 1. The molecule has 3 rings (SSSR count). The molecule has 2 aliphatic heterocycles. The van der Waals surface area contributed by atoms with Gasteiger partial charge in [0, 0.05) is 0 Å². The second-order valence-electron chi connectivity index (χ2n) is 10.7. The Kier molecular flexibility index (Phi) is 6.33. The molecule has 2 aliphatic rings. The Hall–Kier alpha value is -0.803. The van der Waals surface area contributed by atoms with Crippen LogP contribution >= 0.6 is 0 Å². The Bertz CT molecular complexity index is 731. The first-order chi connectivity index (χ1) is 13.7. The third kappa shape index (κ3) is 4.39. The van der Waals surface area contributed by atoms with Crippen molar-refractivity contribution in [2.24, 2.45) is 0 Å². The van der Waals surface area contributed by atoms with Gasteiger partial charge in [-0.25, -0.2) is 0 Å². The van der Waals surface area contributed by atoms with E-state index in [1.165, 1.54) is 0 Å². The molecule has 0 spiro atoms. The second-order valence-corrected chi connectivity index (χ2v) is 15.5. The summed E-state index contributed by atoms with van der Waals surface area (Å²) in [6.45, 7) is 16.3. The molecule has 0 unspecified atom stereocenters. The van der Waals surface area contributed by atoms with E-state index in [4.69, 9.17) is 18.6 Å². The van der Waals surface area contributed by atoms with Crippen molar-refractivity contribution in [3.05, 3.63) is 35.9 Å². The Morgan fingerprint density at radius 3 is 2.20 bits per heavy atom. The topological polar surface area (TPSA) is 77.4 Å². The van der Waals surface area contributed by atoms with Crippen LogP contribution in [-0.2, 0) is 24.2 Å². The van der Waals surface area contributed by atoms with Crippen molar-refractivity contribution in [1.82, 2.24) is 0 Å². The normalized spacial score (nSPS) is 33.7. The Morgan fingerprint density at radius 1 is 1.07 bits per heavy atom. The first kappa shape index (κ1) is 23.9. The van der Waals surface area contributed by atoms with Gasteiger partial charge in [-0.15, -0.1) is 0 Å². The minimum atomic E-state index is -2.15. The molecule has 6 atom stereocenters. The summed E-state index contributed by atoms with van der Waals surface area (Å²) in [5, 5.41) is 23.2. The van der Waals surface area contributed by atoms with E-state index in [2.05, 4.69) is 33.9 Å². The smallest absolute Gasteiger partial charge is 0.192 e. The van der Waals surface area contributed by atoms with Crippen LogP contribution in [0.3, 0.4) is 0 Å². The molecule has 0 radical (unpaired) electrons. The van der Waals surface area contributed by atoms with Gasteiger partial charge in [-0.1, -0.05) is 51.1 Å². The third-order valence-corrected chi connectivity index (χ3v) is 11.3. The standard InChI is InChI=1S/C23H38O6Si/c1-15-18-19(29-22(5,6)28-18)17(24)20(27-15)23(25,16-12-10-9-11-13-16)14-26-30(7,8)21(2,3)4/h9-13,15,17-20,24-25H,14H2,1-8H3/t15-,17+,18-,19+,20+,23-/m1/s1. The quantitative estimate of drug-likeness (QED) is 0.685. The summed E-state index contributed by atoms with van der Waals surface area (Å²) in [6.07, 6.45) is -3.32. The van der Waals surface area contributed by atoms with Crippen molar-refractivity contribution in [2.75, 3.05) is 6.61 Å². The van der Waals surface area contributed by atoms with Gasteiger partial charge in [0.15, 0.2) is 14.1 Å². The predicted molar refractivity (Wildman–Crippen MR) is 118 cm³/mol. The van der Waals surface area contributed by atoms with Crippen molar-refractivity contribution >= 4 is 8.32 Å². The van der Waals surface area contributed by atoms with E-state index in [0.717, 1.165) is 0 Å². The van der Waals surface area contributed by atoms with Crippen LogP contribution in [0.4, 0.5) is 0 Å². The van der Waals surface area contributed by atoms with Crippen LogP contribution in [0.2, 0.25) is 18.1 Å². The average molecular weight is 439 g/mol. The minimum Gasteiger partial charge on any atom is -0.413 e. The Labute approximate surface area is 181 Å². The largest absolute Gasteiger partial charge is 0.413 e. The molecule has 0 saturated carbocycles. The highest BCUT2D eigenvalue weighted by molar-refractivity contribution is 6.74. The van der Waals surface area contributed by atoms with Crippen molar-refractivity contribution in [2.45, 2.75) is 102 Å². The highest BCUT2D eigenvalue weighted by Crippen LogP contribution is 2.44. The summed E-state index contributed by atoms with van der Waals surface area (Å²) in [4.78, 5) is 0. The van der Waals surface area contributed by atoms with Crippen LogP contribution in [0.1, 0.15) is 47.1 Å². The minimum absolute atomic E-state index is 0.0124. The molecule has 2 N–H and O–H groups in total. The average Bonchev–Trinajstić information content (AvgIpc) is 2.99. The summed E-state index contributed by atoms with van der Waals surface area (Å²) in [5.41, 5.74) is -0.887. The van der Waals surface area contributed by atoms with Crippen LogP contribution in [0.5, 0.6) is 0 Å². The van der Waals surface area contributed by atoms with E-state index in [1.807, 2.05) is 51.1 Å². The molecular formula is C23H38O6Si. The highest BCUT2D eigenvalue weighted by atomic mass is 28.4. The number of aliphatic hydroxyl groups excluding tert-OH is 1. The molecule has 0 aromatic heterocycles. The maximum atomic E-state index is 12.0. The first-order valence-electron chi connectivity index (χ1n) is 10.8. The van der Waals surface area contributed by atoms with Gasteiger partial charge in [0.05, 0.1) is 12.7 Å². The second kappa shape index (κ2) is 7.96. The number of fused-ring (bicyclic) bond motifs is 1. The number of aliphatic hydroxyl groups is 2. The fourth-order valence-electron chi connectivity index (χ4n) is 3.96. The molecule has 2 saturated heterocycles. The first-order valence-corrected chi connectivity index (χ1v) is 13.7. The summed E-state index contributed by atoms with van der Waals surface area (Å²) < 4.78 is 24.6. The molecule has 0 bridgehead atoms. The van der Waals surface area contributed by atoms with Crippen molar-refractivity contribution in [3.63, 3.8) is 0 Å². The molecule has 0 amide bonds. The van der Waals surface area contributed by atoms with Gasteiger partial charge in [-0.2, -0.15) is 0 Å². The van der Waals surface area contributed by atoms with Crippen molar-refractivity contribution < 1.29 is 28.8 Å². The van der Waals surface area contributed by atoms with Crippen LogP contribution < -0.4 is 0 Å². The maximum Gasteiger partial charge on any atom is 0.192 e. The monoisotopic (exact) mass is 438 g/mol. The summed E-state index contributed by atoms with van der Waals surface area (Å²) >= 11 is 0. The van der Waals surface area contributed by atoms with Crippen molar-refractivity contribution in [1.29, 1.82) is 0 Å². The summed E-state index contributed by atoms with van der Waals surface area (Å²) in [6, 6.07) is 9.32. The molecule has 7 heteroatoms. The highest BCUT2D eigenvalue weighted by Gasteiger charge is 2.59.